The van der Waals surface area contributed by atoms with E-state index in [0.717, 1.165) is 50.6 Å². The van der Waals surface area contributed by atoms with Crippen molar-refractivity contribution in [3.05, 3.63) is 0 Å². The molecule has 0 saturated heterocycles. The highest BCUT2D eigenvalue weighted by Crippen LogP contribution is 2.31. The average Bonchev–Trinajstić information content (AvgIpc) is 2.47. The third-order valence-electron chi connectivity index (χ3n) is 5.45. The number of hydrogen-bond donors (Lipinski definition) is 2. The van der Waals surface area contributed by atoms with E-state index in [1.54, 1.807) is 0 Å². The van der Waals surface area contributed by atoms with Gasteiger partial charge in [0, 0.05) is 12.5 Å². The van der Waals surface area contributed by atoms with Gasteiger partial charge in [0.15, 0.2) is 0 Å². The van der Waals surface area contributed by atoms with Crippen molar-refractivity contribution in [2.24, 2.45) is 29.4 Å². The molecule has 2 aliphatic carbocycles. The fourth-order valence-corrected chi connectivity index (χ4v) is 4.03. The Balaban J connectivity index is 1.60. The lowest BCUT2D eigenvalue weighted by Gasteiger charge is -2.28. The smallest absolute Gasteiger partial charge is 0.223 e. The van der Waals surface area contributed by atoms with Crippen LogP contribution in [0.25, 0.3) is 0 Å². The molecular weight excluding hydrogens is 248 g/mol. The van der Waals surface area contributed by atoms with Crippen LogP contribution in [0.15, 0.2) is 0 Å². The second kappa shape index (κ2) is 8.02. The first-order valence-corrected chi connectivity index (χ1v) is 8.66. The molecule has 3 heteroatoms. The van der Waals surface area contributed by atoms with E-state index < -0.39 is 0 Å². The van der Waals surface area contributed by atoms with Crippen LogP contribution in [0, 0.1) is 23.7 Å². The second-order valence-corrected chi connectivity index (χ2v) is 7.17. The van der Waals surface area contributed by atoms with Crippen LogP contribution in [0.2, 0.25) is 0 Å². The van der Waals surface area contributed by atoms with Crippen molar-refractivity contribution < 1.29 is 4.79 Å². The van der Waals surface area contributed by atoms with E-state index in [9.17, 15) is 4.79 Å². The van der Waals surface area contributed by atoms with Gasteiger partial charge in [0.05, 0.1) is 0 Å². The third kappa shape index (κ3) is 4.76. The predicted octanol–water partition coefficient (Wildman–Crippen LogP) is 3.08. The van der Waals surface area contributed by atoms with Crippen LogP contribution in [-0.4, -0.2) is 19.0 Å². The maximum Gasteiger partial charge on any atom is 0.223 e. The summed E-state index contributed by atoms with van der Waals surface area (Å²) in [5.74, 6) is 2.93. The standard InChI is InChI=1S/C17H32N2O/c1-13-3-2-4-14(11-13)9-10-19-17(20)16-7-5-15(12-18)6-8-16/h13-16H,2-12,18H2,1H3,(H,19,20). The van der Waals surface area contributed by atoms with Crippen LogP contribution in [0.1, 0.15) is 64.7 Å². The largest absolute Gasteiger partial charge is 0.356 e. The summed E-state index contributed by atoms with van der Waals surface area (Å²) in [5, 5.41) is 3.18. The lowest BCUT2D eigenvalue weighted by atomic mass is 9.80. The van der Waals surface area contributed by atoms with Crippen molar-refractivity contribution in [1.82, 2.24) is 5.32 Å². The highest BCUT2D eigenvalue weighted by atomic mass is 16.1. The molecule has 2 atom stereocenters. The molecule has 0 heterocycles. The highest BCUT2D eigenvalue weighted by molar-refractivity contribution is 5.78. The van der Waals surface area contributed by atoms with Crippen LogP contribution < -0.4 is 11.1 Å². The summed E-state index contributed by atoms with van der Waals surface area (Å²) in [7, 11) is 0. The molecule has 2 aliphatic rings. The molecule has 2 saturated carbocycles. The van der Waals surface area contributed by atoms with Gasteiger partial charge in [-0.05, 0) is 62.8 Å². The first kappa shape index (κ1) is 15.8. The topological polar surface area (TPSA) is 55.1 Å². The first-order chi connectivity index (χ1) is 9.69. The zero-order chi connectivity index (χ0) is 14.4. The number of hydrogen-bond acceptors (Lipinski definition) is 2. The summed E-state index contributed by atoms with van der Waals surface area (Å²) >= 11 is 0. The molecule has 1 amide bonds. The number of amides is 1. The molecule has 3 N–H and O–H groups in total. The van der Waals surface area contributed by atoms with Crippen LogP contribution in [0.4, 0.5) is 0 Å². The Morgan fingerprint density at radius 3 is 2.50 bits per heavy atom. The lowest BCUT2D eigenvalue weighted by Crippen LogP contribution is -2.35. The summed E-state index contributed by atoms with van der Waals surface area (Å²) in [6, 6.07) is 0. The van der Waals surface area contributed by atoms with Gasteiger partial charge in [0.2, 0.25) is 5.91 Å². The molecule has 0 radical (unpaired) electrons. The molecule has 0 aromatic carbocycles. The van der Waals surface area contributed by atoms with Gasteiger partial charge < -0.3 is 11.1 Å². The molecule has 0 spiro atoms. The molecule has 2 unspecified atom stereocenters. The van der Waals surface area contributed by atoms with E-state index in [0.29, 0.717) is 11.8 Å². The molecule has 0 aromatic heterocycles. The molecule has 116 valence electrons. The van der Waals surface area contributed by atoms with Crippen LogP contribution in [0.3, 0.4) is 0 Å². The Bertz CT molecular complexity index is 297. The van der Waals surface area contributed by atoms with Gasteiger partial charge in [-0.3, -0.25) is 4.79 Å². The SMILES string of the molecule is CC1CCCC(CCNC(=O)C2CCC(CN)CC2)C1. The van der Waals surface area contributed by atoms with E-state index in [1.165, 1.54) is 32.1 Å². The molecule has 0 aliphatic heterocycles. The minimum atomic E-state index is 0.253. The zero-order valence-electron chi connectivity index (χ0n) is 13.1. The number of carbonyl (C=O) groups is 1. The molecule has 0 aromatic rings. The van der Waals surface area contributed by atoms with Gasteiger partial charge in [-0.25, -0.2) is 0 Å². The fourth-order valence-electron chi connectivity index (χ4n) is 4.03. The summed E-state index contributed by atoms with van der Waals surface area (Å²) in [6.07, 6.45) is 11.0. The molecule has 20 heavy (non-hydrogen) atoms. The first-order valence-electron chi connectivity index (χ1n) is 8.66. The maximum atomic E-state index is 12.2. The number of carbonyl (C=O) groups excluding carboxylic acids is 1. The van der Waals surface area contributed by atoms with Crippen molar-refractivity contribution in [3.8, 4) is 0 Å². The highest BCUT2D eigenvalue weighted by Gasteiger charge is 2.25. The monoisotopic (exact) mass is 280 g/mol. The molecule has 3 nitrogen and oxygen atoms in total. The summed E-state index contributed by atoms with van der Waals surface area (Å²) < 4.78 is 0. The molecular formula is C17H32N2O. The van der Waals surface area contributed by atoms with Crippen molar-refractivity contribution in [1.29, 1.82) is 0 Å². The van der Waals surface area contributed by atoms with E-state index in [1.807, 2.05) is 0 Å². The average molecular weight is 280 g/mol. The van der Waals surface area contributed by atoms with Crippen molar-refractivity contribution in [2.45, 2.75) is 64.7 Å². The van der Waals surface area contributed by atoms with Crippen molar-refractivity contribution in [3.63, 3.8) is 0 Å². The fraction of sp³-hybridized carbons (Fsp3) is 0.941. The van der Waals surface area contributed by atoms with Crippen molar-refractivity contribution in [2.75, 3.05) is 13.1 Å². The normalized spacial score (nSPS) is 34.7. The Morgan fingerprint density at radius 2 is 1.85 bits per heavy atom. The summed E-state index contributed by atoms with van der Waals surface area (Å²) in [6.45, 7) is 4.03. The number of nitrogens with one attached hydrogen (secondary N) is 1. The summed E-state index contributed by atoms with van der Waals surface area (Å²) in [4.78, 5) is 12.2. The Labute approximate surface area is 124 Å². The minimum Gasteiger partial charge on any atom is -0.356 e. The van der Waals surface area contributed by atoms with E-state index in [-0.39, 0.29) is 5.92 Å². The number of nitrogens with two attached hydrogens (primary N) is 1. The van der Waals surface area contributed by atoms with Gasteiger partial charge in [-0.15, -0.1) is 0 Å². The van der Waals surface area contributed by atoms with Crippen LogP contribution >= 0.6 is 0 Å². The van der Waals surface area contributed by atoms with Crippen molar-refractivity contribution >= 4 is 5.91 Å². The second-order valence-electron chi connectivity index (χ2n) is 7.17. The predicted molar refractivity (Wildman–Crippen MR) is 83.3 cm³/mol. The zero-order valence-corrected chi connectivity index (χ0v) is 13.1. The van der Waals surface area contributed by atoms with E-state index in [4.69, 9.17) is 5.73 Å². The Hall–Kier alpha value is -0.570. The van der Waals surface area contributed by atoms with E-state index >= 15 is 0 Å². The summed E-state index contributed by atoms with van der Waals surface area (Å²) in [5.41, 5.74) is 5.70. The lowest BCUT2D eigenvalue weighted by molar-refractivity contribution is -0.126. The molecule has 2 fully saturated rings. The van der Waals surface area contributed by atoms with Crippen LogP contribution in [-0.2, 0) is 4.79 Å². The van der Waals surface area contributed by atoms with Crippen LogP contribution in [0.5, 0.6) is 0 Å². The van der Waals surface area contributed by atoms with Gasteiger partial charge in [-0.1, -0.05) is 26.2 Å². The Morgan fingerprint density at radius 1 is 1.10 bits per heavy atom. The van der Waals surface area contributed by atoms with Gasteiger partial charge in [0.1, 0.15) is 0 Å². The van der Waals surface area contributed by atoms with Gasteiger partial charge >= 0.3 is 0 Å². The quantitative estimate of drug-likeness (QED) is 0.813. The van der Waals surface area contributed by atoms with Gasteiger partial charge in [0.25, 0.3) is 0 Å². The third-order valence-corrected chi connectivity index (χ3v) is 5.45. The minimum absolute atomic E-state index is 0.253. The molecule has 2 rings (SSSR count). The van der Waals surface area contributed by atoms with Gasteiger partial charge in [-0.2, -0.15) is 0 Å². The Kier molecular flexibility index (Phi) is 6.34. The number of rotatable bonds is 5. The maximum absolute atomic E-state index is 12.2. The molecule has 0 bridgehead atoms. The van der Waals surface area contributed by atoms with E-state index in [2.05, 4.69) is 12.2 Å².